The third kappa shape index (κ3) is 2.63. The summed E-state index contributed by atoms with van der Waals surface area (Å²) in [5, 5.41) is 0. The zero-order valence-electron chi connectivity index (χ0n) is 9.17. The molecule has 0 unspecified atom stereocenters. The zero-order chi connectivity index (χ0) is 12.3. The second kappa shape index (κ2) is 5.27. The molecule has 6 heteroatoms. The van der Waals surface area contributed by atoms with E-state index in [2.05, 4.69) is 25.9 Å². The fourth-order valence-corrected chi connectivity index (χ4v) is 1.78. The first-order chi connectivity index (χ1) is 8.22. The summed E-state index contributed by atoms with van der Waals surface area (Å²) in [6.45, 7) is 2.09. The third-order valence-corrected chi connectivity index (χ3v) is 2.79. The zero-order valence-corrected chi connectivity index (χ0v) is 10.8. The predicted octanol–water partition coefficient (Wildman–Crippen LogP) is 1.88. The average molecular weight is 299 g/mol. The topological polar surface area (TPSA) is 60.8 Å². The highest BCUT2D eigenvalue weighted by Crippen LogP contribution is 2.27. The van der Waals surface area contributed by atoms with E-state index in [1.165, 1.54) is 6.40 Å². The van der Waals surface area contributed by atoms with Crippen LogP contribution in [0.3, 0.4) is 0 Å². The molecular formula is C11H11BrN2O3. The Hall–Kier alpha value is -1.43. The van der Waals surface area contributed by atoms with Gasteiger partial charge < -0.3 is 9.47 Å². The Bertz CT molecular complexity index is 433. The fourth-order valence-electron chi connectivity index (χ4n) is 1.55. The van der Waals surface area contributed by atoms with Crippen molar-refractivity contribution in [3.8, 4) is 0 Å². The lowest BCUT2D eigenvalue weighted by Crippen LogP contribution is -2.26. The van der Waals surface area contributed by atoms with Gasteiger partial charge in [0, 0.05) is 11.8 Å². The SMILES string of the molecule is CCOC(=O)[C@H]1N=CO[C@@H]1c1ccc(Br)nc1. The quantitative estimate of drug-likeness (QED) is 0.631. The highest BCUT2D eigenvalue weighted by Gasteiger charge is 2.35. The number of esters is 1. The van der Waals surface area contributed by atoms with Gasteiger partial charge >= 0.3 is 5.97 Å². The molecule has 1 aliphatic rings. The fraction of sp³-hybridized carbons (Fsp3) is 0.364. The Morgan fingerprint density at radius 3 is 3.06 bits per heavy atom. The van der Waals surface area contributed by atoms with Crippen LogP contribution in [0.25, 0.3) is 0 Å². The van der Waals surface area contributed by atoms with E-state index in [0.29, 0.717) is 6.61 Å². The summed E-state index contributed by atoms with van der Waals surface area (Å²) >= 11 is 3.25. The normalized spacial score (nSPS) is 22.2. The number of hydrogen-bond donors (Lipinski definition) is 0. The van der Waals surface area contributed by atoms with E-state index in [1.54, 1.807) is 19.2 Å². The molecule has 90 valence electrons. The Morgan fingerprint density at radius 2 is 2.41 bits per heavy atom. The van der Waals surface area contributed by atoms with Gasteiger partial charge in [-0.15, -0.1) is 0 Å². The number of carbonyl (C=O) groups excluding carboxylic acids is 1. The van der Waals surface area contributed by atoms with Gasteiger partial charge in [0.15, 0.2) is 18.5 Å². The van der Waals surface area contributed by atoms with Crippen molar-refractivity contribution in [2.75, 3.05) is 6.61 Å². The summed E-state index contributed by atoms with van der Waals surface area (Å²) in [5.74, 6) is -0.380. The Labute approximate surface area is 107 Å². The van der Waals surface area contributed by atoms with Crippen molar-refractivity contribution in [2.45, 2.75) is 19.1 Å². The number of ether oxygens (including phenoxy) is 2. The van der Waals surface area contributed by atoms with Gasteiger partial charge in [0.05, 0.1) is 6.61 Å². The summed E-state index contributed by atoms with van der Waals surface area (Å²) in [5.41, 5.74) is 0.795. The molecule has 0 radical (unpaired) electrons. The van der Waals surface area contributed by atoms with E-state index in [0.717, 1.165) is 10.2 Å². The molecule has 2 heterocycles. The summed E-state index contributed by atoms with van der Waals surface area (Å²) in [4.78, 5) is 19.7. The molecule has 2 rings (SSSR count). The van der Waals surface area contributed by atoms with E-state index in [-0.39, 0.29) is 5.97 Å². The van der Waals surface area contributed by atoms with E-state index >= 15 is 0 Å². The lowest BCUT2D eigenvalue weighted by Gasteiger charge is -2.15. The molecule has 1 aliphatic heterocycles. The van der Waals surface area contributed by atoms with Crippen LogP contribution >= 0.6 is 15.9 Å². The minimum Gasteiger partial charge on any atom is -0.473 e. The Kier molecular flexibility index (Phi) is 3.73. The van der Waals surface area contributed by atoms with Gasteiger partial charge in [0.2, 0.25) is 0 Å². The van der Waals surface area contributed by atoms with E-state index in [9.17, 15) is 4.79 Å². The standard InChI is InChI=1S/C11H11BrN2O3/c1-2-16-11(15)9-10(17-6-14-9)7-3-4-8(12)13-5-7/h3-6,9-10H,2H2,1H3/t9-,10+/m0/s1. The molecular weight excluding hydrogens is 288 g/mol. The molecule has 1 aromatic rings. The molecule has 0 amide bonds. The summed E-state index contributed by atoms with van der Waals surface area (Å²) < 4.78 is 11.0. The van der Waals surface area contributed by atoms with Crippen molar-refractivity contribution >= 4 is 28.3 Å². The molecule has 0 saturated carbocycles. The molecule has 0 saturated heterocycles. The smallest absolute Gasteiger partial charge is 0.335 e. The van der Waals surface area contributed by atoms with Crippen LogP contribution in [0.4, 0.5) is 0 Å². The molecule has 0 aliphatic carbocycles. The highest BCUT2D eigenvalue weighted by molar-refractivity contribution is 9.10. The summed E-state index contributed by atoms with van der Waals surface area (Å²) in [6.07, 6.45) is 2.49. The van der Waals surface area contributed by atoms with Crippen LogP contribution in [-0.2, 0) is 14.3 Å². The Balaban J connectivity index is 2.15. The molecule has 0 N–H and O–H groups in total. The largest absolute Gasteiger partial charge is 0.473 e. The number of aliphatic imine (C=N–C) groups is 1. The van der Waals surface area contributed by atoms with Crippen LogP contribution in [0.1, 0.15) is 18.6 Å². The van der Waals surface area contributed by atoms with Gasteiger partial charge in [-0.25, -0.2) is 14.8 Å². The minimum atomic E-state index is -0.641. The molecule has 0 bridgehead atoms. The van der Waals surface area contributed by atoms with Gasteiger partial charge in [-0.1, -0.05) is 6.07 Å². The lowest BCUT2D eigenvalue weighted by atomic mass is 10.1. The number of halogens is 1. The van der Waals surface area contributed by atoms with Crippen molar-refractivity contribution in [3.05, 3.63) is 28.5 Å². The minimum absolute atomic E-state index is 0.330. The van der Waals surface area contributed by atoms with Crippen LogP contribution in [-0.4, -0.2) is 30.0 Å². The first-order valence-corrected chi connectivity index (χ1v) is 5.97. The number of pyridine rings is 1. The van der Waals surface area contributed by atoms with E-state index in [4.69, 9.17) is 9.47 Å². The van der Waals surface area contributed by atoms with Crippen LogP contribution in [0.15, 0.2) is 27.9 Å². The maximum atomic E-state index is 11.7. The number of nitrogens with zero attached hydrogens (tertiary/aromatic N) is 2. The predicted molar refractivity (Wildman–Crippen MR) is 64.7 cm³/mol. The van der Waals surface area contributed by atoms with Crippen molar-refractivity contribution in [1.82, 2.24) is 4.98 Å². The van der Waals surface area contributed by atoms with Gasteiger partial charge in [-0.05, 0) is 28.9 Å². The molecule has 0 spiro atoms. The highest BCUT2D eigenvalue weighted by atomic mass is 79.9. The number of hydrogen-bond acceptors (Lipinski definition) is 5. The number of carbonyl (C=O) groups is 1. The first-order valence-electron chi connectivity index (χ1n) is 5.17. The van der Waals surface area contributed by atoms with Crippen LogP contribution in [0.2, 0.25) is 0 Å². The van der Waals surface area contributed by atoms with E-state index in [1.807, 2.05) is 6.07 Å². The maximum Gasteiger partial charge on any atom is 0.335 e. The average Bonchev–Trinajstić information content (AvgIpc) is 2.79. The molecule has 17 heavy (non-hydrogen) atoms. The molecule has 1 aromatic heterocycles. The van der Waals surface area contributed by atoms with Crippen molar-refractivity contribution in [1.29, 1.82) is 0 Å². The van der Waals surface area contributed by atoms with Crippen LogP contribution < -0.4 is 0 Å². The van der Waals surface area contributed by atoms with E-state index < -0.39 is 12.1 Å². The number of aromatic nitrogens is 1. The molecule has 5 nitrogen and oxygen atoms in total. The summed E-state index contributed by atoms with van der Waals surface area (Å²) in [7, 11) is 0. The number of rotatable bonds is 3. The van der Waals surface area contributed by atoms with Crippen molar-refractivity contribution in [3.63, 3.8) is 0 Å². The first kappa shape index (κ1) is 12.0. The van der Waals surface area contributed by atoms with Gasteiger partial charge in [0.1, 0.15) is 4.60 Å². The van der Waals surface area contributed by atoms with Gasteiger partial charge in [0.25, 0.3) is 0 Å². The third-order valence-electron chi connectivity index (χ3n) is 2.32. The van der Waals surface area contributed by atoms with Gasteiger partial charge in [-0.3, -0.25) is 0 Å². The summed E-state index contributed by atoms with van der Waals surface area (Å²) in [6, 6.07) is 2.99. The van der Waals surface area contributed by atoms with Crippen molar-refractivity contribution in [2.24, 2.45) is 4.99 Å². The monoisotopic (exact) mass is 298 g/mol. The van der Waals surface area contributed by atoms with Crippen LogP contribution in [0, 0.1) is 0 Å². The maximum absolute atomic E-state index is 11.7. The Morgan fingerprint density at radius 1 is 1.59 bits per heavy atom. The second-order valence-corrected chi connectivity index (χ2v) is 4.23. The second-order valence-electron chi connectivity index (χ2n) is 3.42. The van der Waals surface area contributed by atoms with Gasteiger partial charge in [-0.2, -0.15) is 0 Å². The van der Waals surface area contributed by atoms with Crippen molar-refractivity contribution < 1.29 is 14.3 Å². The molecule has 0 aromatic carbocycles. The molecule has 2 atom stereocenters. The lowest BCUT2D eigenvalue weighted by molar-refractivity contribution is -0.146. The van der Waals surface area contributed by atoms with Crippen LogP contribution in [0.5, 0.6) is 0 Å². The molecule has 0 fully saturated rings.